The maximum atomic E-state index is 12.6. The molecule has 11 heteroatoms. The van der Waals surface area contributed by atoms with Gasteiger partial charge in [0.05, 0.1) is 18.3 Å². The first kappa shape index (κ1) is 20.8. The largest absolute Gasteiger partial charge is 0.475 e. The molecular formula is C16H20ClF3N6O. The van der Waals surface area contributed by atoms with E-state index >= 15 is 0 Å². The van der Waals surface area contributed by atoms with E-state index < -0.39 is 11.7 Å². The number of aliphatic imine (C=N–C) groups is 1. The Morgan fingerprint density at radius 3 is 2.70 bits per heavy atom. The van der Waals surface area contributed by atoms with E-state index in [2.05, 4.69) is 20.4 Å². The van der Waals surface area contributed by atoms with Crippen molar-refractivity contribution in [3.05, 3.63) is 40.8 Å². The van der Waals surface area contributed by atoms with Gasteiger partial charge < -0.3 is 15.0 Å². The summed E-state index contributed by atoms with van der Waals surface area (Å²) in [6, 6.07) is 0.790. The Kier molecular flexibility index (Phi) is 6.89. The Labute approximate surface area is 159 Å². The molecule has 2 heterocycles. The number of hydrogen-bond donors (Lipinski definition) is 1. The quantitative estimate of drug-likeness (QED) is 0.455. The molecule has 0 atom stereocenters. The van der Waals surface area contributed by atoms with Crippen molar-refractivity contribution in [3.63, 3.8) is 0 Å². The summed E-state index contributed by atoms with van der Waals surface area (Å²) in [5.41, 5.74) is 0.107. The van der Waals surface area contributed by atoms with Crippen LogP contribution in [0.25, 0.3) is 0 Å². The van der Waals surface area contributed by atoms with Gasteiger partial charge in [-0.2, -0.15) is 18.3 Å². The second kappa shape index (κ2) is 8.94. The van der Waals surface area contributed by atoms with Gasteiger partial charge in [-0.3, -0.25) is 9.67 Å². The first-order chi connectivity index (χ1) is 12.7. The van der Waals surface area contributed by atoms with Crippen molar-refractivity contribution >= 4 is 17.6 Å². The summed E-state index contributed by atoms with van der Waals surface area (Å²) in [6.07, 6.45) is -0.131. The van der Waals surface area contributed by atoms with Crippen molar-refractivity contribution in [2.24, 2.45) is 12.0 Å². The van der Waals surface area contributed by atoms with E-state index in [0.717, 1.165) is 11.6 Å². The molecule has 0 unspecified atom stereocenters. The van der Waals surface area contributed by atoms with Gasteiger partial charge in [-0.05, 0) is 6.07 Å². The smallest absolute Gasteiger partial charge is 0.417 e. The third kappa shape index (κ3) is 6.02. The number of aryl methyl sites for hydroxylation is 1. The van der Waals surface area contributed by atoms with Crippen LogP contribution in [0, 0.1) is 0 Å². The summed E-state index contributed by atoms with van der Waals surface area (Å²) in [4.78, 5) is 9.70. The predicted octanol–water partition coefficient (Wildman–Crippen LogP) is 2.57. The minimum Gasteiger partial charge on any atom is -0.475 e. The molecule has 0 amide bonds. The van der Waals surface area contributed by atoms with E-state index in [1.165, 1.54) is 0 Å². The number of aromatic nitrogens is 3. The minimum atomic E-state index is -4.50. The number of rotatable bonds is 6. The van der Waals surface area contributed by atoms with Crippen LogP contribution in [0.3, 0.4) is 0 Å². The summed E-state index contributed by atoms with van der Waals surface area (Å²) in [7, 11) is 5.36. The molecule has 0 aliphatic rings. The summed E-state index contributed by atoms with van der Waals surface area (Å²) in [6.45, 7) is 1.13. The molecular weight excluding hydrogens is 385 g/mol. The fraction of sp³-hybridized carbons (Fsp3) is 0.438. The lowest BCUT2D eigenvalue weighted by molar-refractivity contribution is -0.137. The Morgan fingerprint density at radius 1 is 1.41 bits per heavy atom. The minimum absolute atomic E-state index is 0.0508. The summed E-state index contributed by atoms with van der Waals surface area (Å²) >= 11 is 5.80. The molecule has 2 aromatic rings. The summed E-state index contributed by atoms with van der Waals surface area (Å²) in [5.74, 6) is 0.582. The molecule has 0 radical (unpaired) electrons. The van der Waals surface area contributed by atoms with Crippen molar-refractivity contribution in [3.8, 4) is 5.88 Å². The second-order valence-electron chi connectivity index (χ2n) is 5.71. The number of hydrogen-bond acceptors (Lipinski definition) is 4. The second-order valence-corrected chi connectivity index (χ2v) is 6.12. The Bertz CT molecular complexity index is 793. The van der Waals surface area contributed by atoms with Gasteiger partial charge in [0.1, 0.15) is 11.6 Å². The van der Waals surface area contributed by atoms with Crippen LogP contribution < -0.4 is 10.1 Å². The van der Waals surface area contributed by atoms with Crippen LogP contribution in [-0.4, -0.2) is 52.9 Å². The zero-order valence-electron chi connectivity index (χ0n) is 15.1. The number of halogens is 4. The first-order valence-electron chi connectivity index (χ1n) is 7.95. The molecule has 0 saturated carbocycles. The van der Waals surface area contributed by atoms with E-state index in [1.807, 2.05) is 25.2 Å². The molecule has 0 fully saturated rings. The van der Waals surface area contributed by atoms with E-state index in [-0.39, 0.29) is 17.5 Å². The zero-order chi connectivity index (χ0) is 20.0. The van der Waals surface area contributed by atoms with Gasteiger partial charge in [0, 0.05) is 45.6 Å². The first-order valence-corrected chi connectivity index (χ1v) is 8.33. The van der Waals surface area contributed by atoms with Crippen LogP contribution in [-0.2, 0) is 19.8 Å². The van der Waals surface area contributed by atoms with Crippen LogP contribution in [0.2, 0.25) is 5.02 Å². The molecule has 0 aliphatic carbocycles. The number of nitrogens with one attached hydrogen (secondary N) is 1. The zero-order valence-corrected chi connectivity index (χ0v) is 15.8. The molecule has 0 bridgehead atoms. The van der Waals surface area contributed by atoms with E-state index in [9.17, 15) is 13.2 Å². The standard InChI is InChI=1S/C16H20ClF3N6O/c1-21-15(25(2)9-11-7-24-26(3)10-11)22-4-5-27-14-13(17)6-12(8-23-14)16(18,19)20/h6-8,10H,4-5,9H2,1-3H3,(H,21,22). The topological polar surface area (TPSA) is 67.6 Å². The molecule has 0 aliphatic heterocycles. The van der Waals surface area contributed by atoms with Gasteiger partial charge in [-0.25, -0.2) is 4.98 Å². The van der Waals surface area contributed by atoms with Gasteiger partial charge in [0.15, 0.2) is 5.96 Å². The van der Waals surface area contributed by atoms with E-state index in [4.69, 9.17) is 16.3 Å². The maximum Gasteiger partial charge on any atom is 0.417 e. The maximum absolute atomic E-state index is 12.6. The predicted molar refractivity (Wildman–Crippen MR) is 95.8 cm³/mol. The molecule has 2 aromatic heterocycles. The number of pyridine rings is 1. The van der Waals surface area contributed by atoms with Crippen molar-refractivity contribution in [1.29, 1.82) is 0 Å². The van der Waals surface area contributed by atoms with Crippen LogP contribution >= 0.6 is 11.6 Å². The molecule has 2 rings (SSSR count). The fourth-order valence-electron chi connectivity index (χ4n) is 2.28. The summed E-state index contributed by atoms with van der Waals surface area (Å²) in [5, 5.41) is 7.02. The van der Waals surface area contributed by atoms with Crippen LogP contribution in [0.15, 0.2) is 29.6 Å². The van der Waals surface area contributed by atoms with Crippen molar-refractivity contribution in [2.45, 2.75) is 12.7 Å². The highest BCUT2D eigenvalue weighted by molar-refractivity contribution is 6.31. The highest BCUT2D eigenvalue weighted by Gasteiger charge is 2.31. The third-order valence-corrected chi connectivity index (χ3v) is 3.78. The average molecular weight is 405 g/mol. The fourth-order valence-corrected chi connectivity index (χ4v) is 2.51. The van der Waals surface area contributed by atoms with Crippen molar-refractivity contribution in [1.82, 2.24) is 25.0 Å². The Morgan fingerprint density at radius 2 is 2.15 bits per heavy atom. The van der Waals surface area contributed by atoms with Gasteiger partial charge in [0.25, 0.3) is 0 Å². The summed E-state index contributed by atoms with van der Waals surface area (Å²) < 4.78 is 44.8. The number of guanidine groups is 1. The van der Waals surface area contributed by atoms with Crippen molar-refractivity contribution in [2.75, 3.05) is 27.2 Å². The lowest BCUT2D eigenvalue weighted by Crippen LogP contribution is -2.40. The Balaban J connectivity index is 1.82. The average Bonchev–Trinajstić information content (AvgIpc) is 2.99. The third-order valence-electron chi connectivity index (χ3n) is 3.51. The number of alkyl halides is 3. The molecule has 0 saturated heterocycles. The van der Waals surface area contributed by atoms with Gasteiger partial charge in [-0.1, -0.05) is 11.6 Å². The molecule has 0 spiro atoms. The van der Waals surface area contributed by atoms with Crippen molar-refractivity contribution < 1.29 is 17.9 Å². The normalized spacial score (nSPS) is 12.2. The molecule has 1 N–H and O–H groups in total. The molecule has 27 heavy (non-hydrogen) atoms. The van der Waals surface area contributed by atoms with E-state index in [1.54, 1.807) is 17.9 Å². The van der Waals surface area contributed by atoms with Crippen LogP contribution in [0.4, 0.5) is 13.2 Å². The lowest BCUT2D eigenvalue weighted by atomic mass is 10.3. The Hall–Kier alpha value is -2.49. The van der Waals surface area contributed by atoms with Gasteiger partial charge in [-0.15, -0.1) is 0 Å². The SMILES string of the molecule is CN=C(NCCOc1ncc(C(F)(F)F)cc1Cl)N(C)Cc1cnn(C)c1. The van der Waals surface area contributed by atoms with Gasteiger partial charge in [0.2, 0.25) is 5.88 Å². The van der Waals surface area contributed by atoms with E-state index in [0.29, 0.717) is 25.2 Å². The highest BCUT2D eigenvalue weighted by atomic mass is 35.5. The molecule has 148 valence electrons. The lowest BCUT2D eigenvalue weighted by Gasteiger charge is -2.21. The van der Waals surface area contributed by atoms with Crippen LogP contribution in [0.5, 0.6) is 5.88 Å². The molecule has 0 aromatic carbocycles. The monoisotopic (exact) mass is 404 g/mol. The highest BCUT2D eigenvalue weighted by Crippen LogP contribution is 2.32. The number of nitrogens with zero attached hydrogens (tertiary/aromatic N) is 5. The molecule has 7 nitrogen and oxygen atoms in total. The van der Waals surface area contributed by atoms with Gasteiger partial charge >= 0.3 is 6.18 Å². The number of ether oxygens (including phenoxy) is 1. The van der Waals surface area contributed by atoms with Crippen LogP contribution in [0.1, 0.15) is 11.1 Å².